The van der Waals surface area contributed by atoms with Crippen molar-refractivity contribution in [1.82, 2.24) is 20.6 Å². The van der Waals surface area contributed by atoms with E-state index in [9.17, 15) is 9.59 Å². The first-order valence-electron chi connectivity index (χ1n) is 11.3. The summed E-state index contributed by atoms with van der Waals surface area (Å²) in [7, 11) is 0. The zero-order chi connectivity index (χ0) is 22.8. The molecule has 0 bridgehead atoms. The lowest BCUT2D eigenvalue weighted by Crippen LogP contribution is -2.62. The minimum atomic E-state index is -0.652. The summed E-state index contributed by atoms with van der Waals surface area (Å²) in [5.74, 6) is 0.959. The van der Waals surface area contributed by atoms with Crippen LogP contribution in [-0.4, -0.2) is 47.1 Å². The molecule has 0 saturated carbocycles. The Kier molecular flexibility index (Phi) is 8.83. The van der Waals surface area contributed by atoms with Gasteiger partial charge in [-0.3, -0.25) is 19.6 Å². The second kappa shape index (κ2) is 12.0. The SMILES string of the molecule is CCCCOc1ccc(CC2NC(=O)C(Cc3ccc(OCCCC)cn3)NC2=O)nc1. The van der Waals surface area contributed by atoms with Gasteiger partial charge in [0.1, 0.15) is 23.6 Å². The van der Waals surface area contributed by atoms with Crippen molar-refractivity contribution in [3.05, 3.63) is 48.0 Å². The second-order valence-electron chi connectivity index (χ2n) is 7.91. The molecule has 2 aromatic rings. The Balaban J connectivity index is 1.49. The van der Waals surface area contributed by atoms with Crippen LogP contribution in [0.4, 0.5) is 0 Å². The van der Waals surface area contributed by atoms with Crippen LogP contribution in [-0.2, 0) is 22.4 Å². The van der Waals surface area contributed by atoms with E-state index < -0.39 is 12.1 Å². The molecule has 0 spiro atoms. The number of pyridine rings is 2. The smallest absolute Gasteiger partial charge is 0.243 e. The third-order valence-corrected chi connectivity index (χ3v) is 5.22. The Bertz CT molecular complexity index is 797. The van der Waals surface area contributed by atoms with E-state index in [-0.39, 0.29) is 11.8 Å². The number of hydrogen-bond acceptors (Lipinski definition) is 6. The average molecular weight is 441 g/mol. The van der Waals surface area contributed by atoms with Crippen molar-refractivity contribution < 1.29 is 19.1 Å². The van der Waals surface area contributed by atoms with E-state index >= 15 is 0 Å². The molecule has 2 N–H and O–H groups in total. The van der Waals surface area contributed by atoms with Crippen LogP contribution in [0.1, 0.15) is 50.9 Å². The highest BCUT2D eigenvalue weighted by atomic mass is 16.5. The lowest BCUT2D eigenvalue weighted by Gasteiger charge is -2.29. The predicted octanol–water partition coefficient (Wildman–Crippen LogP) is 2.60. The molecule has 1 fully saturated rings. The number of piperazine rings is 1. The quantitative estimate of drug-likeness (QED) is 0.492. The van der Waals surface area contributed by atoms with Crippen LogP contribution in [0.5, 0.6) is 11.5 Å². The molecule has 0 aliphatic carbocycles. The standard InChI is InChI=1S/C24H32N4O4/c1-3-5-11-31-19-9-7-17(25-15-19)13-21-23(29)28-22(24(30)27-21)14-18-8-10-20(16-26-18)32-12-6-4-2/h7-10,15-16,21-22H,3-6,11-14H2,1-2H3,(H,27,30)(H,28,29). The molecular formula is C24H32N4O4. The second-order valence-corrected chi connectivity index (χ2v) is 7.91. The Morgan fingerprint density at radius 3 is 1.53 bits per heavy atom. The molecule has 3 heterocycles. The number of hydrogen-bond donors (Lipinski definition) is 2. The van der Waals surface area contributed by atoms with Crippen LogP contribution in [0.25, 0.3) is 0 Å². The van der Waals surface area contributed by atoms with Gasteiger partial charge >= 0.3 is 0 Å². The van der Waals surface area contributed by atoms with Gasteiger partial charge in [-0.15, -0.1) is 0 Å². The molecule has 32 heavy (non-hydrogen) atoms. The summed E-state index contributed by atoms with van der Waals surface area (Å²) in [4.78, 5) is 33.8. The molecule has 3 rings (SSSR count). The van der Waals surface area contributed by atoms with Crippen LogP contribution in [0.3, 0.4) is 0 Å². The van der Waals surface area contributed by atoms with Crippen LogP contribution in [0.2, 0.25) is 0 Å². The van der Waals surface area contributed by atoms with Crippen molar-refractivity contribution in [2.75, 3.05) is 13.2 Å². The molecule has 0 aromatic carbocycles. The minimum absolute atomic E-state index is 0.223. The number of nitrogens with zero attached hydrogens (tertiary/aromatic N) is 2. The van der Waals surface area contributed by atoms with Gasteiger partial charge in [-0.25, -0.2) is 0 Å². The fourth-order valence-corrected chi connectivity index (χ4v) is 3.28. The molecule has 2 amide bonds. The molecule has 2 aromatic heterocycles. The first kappa shape index (κ1) is 23.5. The van der Waals surface area contributed by atoms with Crippen LogP contribution in [0.15, 0.2) is 36.7 Å². The summed E-state index contributed by atoms with van der Waals surface area (Å²) < 4.78 is 11.2. The number of amides is 2. The van der Waals surface area contributed by atoms with E-state index in [0.717, 1.165) is 25.7 Å². The van der Waals surface area contributed by atoms with Crippen molar-refractivity contribution >= 4 is 11.8 Å². The van der Waals surface area contributed by atoms with Crippen molar-refractivity contribution in [2.45, 2.75) is 64.5 Å². The van der Waals surface area contributed by atoms with Crippen LogP contribution in [0, 0.1) is 0 Å². The molecule has 2 unspecified atom stereocenters. The van der Waals surface area contributed by atoms with Crippen molar-refractivity contribution in [3.8, 4) is 11.5 Å². The van der Waals surface area contributed by atoms with Gasteiger partial charge in [0, 0.05) is 24.2 Å². The summed E-state index contributed by atoms with van der Waals surface area (Å²) in [5.41, 5.74) is 1.43. The molecule has 2 atom stereocenters. The van der Waals surface area contributed by atoms with Gasteiger partial charge in [-0.05, 0) is 37.1 Å². The lowest BCUT2D eigenvalue weighted by molar-refractivity contribution is -0.136. The summed E-state index contributed by atoms with van der Waals surface area (Å²) in [6.07, 6.45) is 8.06. The number of carbonyl (C=O) groups excluding carboxylic acids is 2. The van der Waals surface area contributed by atoms with E-state index in [1.807, 2.05) is 24.3 Å². The highest BCUT2D eigenvalue weighted by Gasteiger charge is 2.34. The van der Waals surface area contributed by atoms with Crippen molar-refractivity contribution in [1.29, 1.82) is 0 Å². The molecule has 1 saturated heterocycles. The van der Waals surface area contributed by atoms with Crippen molar-refractivity contribution in [3.63, 3.8) is 0 Å². The highest BCUT2D eigenvalue weighted by molar-refractivity contribution is 5.97. The Hall–Kier alpha value is -3.16. The third-order valence-electron chi connectivity index (χ3n) is 5.22. The maximum atomic E-state index is 12.6. The fraction of sp³-hybridized carbons (Fsp3) is 0.500. The van der Waals surface area contributed by atoms with E-state index in [4.69, 9.17) is 9.47 Å². The summed E-state index contributed by atoms with van der Waals surface area (Å²) in [5, 5.41) is 5.62. The largest absolute Gasteiger partial charge is 0.492 e. The molecule has 1 aliphatic heterocycles. The summed E-state index contributed by atoms with van der Waals surface area (Å²) in [6.45, 7) is 5.53. The first-order chi connectivity index (χ1) is 15.6. The number of unbranched alkanes of at least 4 members (excludes halogenated alkanes) is 2. The fourth-order valence-electron chi connectivity index (χ4n) is 3.28. The maximum Gasteiger partial charge on any atom is 0.243 e. The normalized spacial score (nSPS) is 18.1. The van der Waals surface area contributed by atoms with E-state index in [0.29, 0.717) is 48.9 Å². The third kappa shape index (κ3) is 6.93. The number of nitrogens with one attached hydrogen (secondary N) is 2. The van der Waals surface area contributed by atoms with Gasteiger partial charge in [0.2, 0.25) is 11.8 Å². The van der Waals surface area contributed by atoms with Gasteiger partial charge in [0.05, 0.1) is 25.6 Å². The van der Waals surface area contributed by atoms with Gasteiger partial charge in [0.15, 0.2) is 0 Å². The average Bonchev–Trinajstić information content (AvgIpc) is 2.80. The molecule has 8 heteroatoms. The van der Waals surface area contributed by atoms with E-state index in [2.05, 4.69) is 34.4 Å². The number of aromatic nitrogens is 2. The molecular weight excluding hydrogens is 408 g/mol. The maximum absolute atomic E-state index is 12.6. The summed E-state index contributed by atoms with van der Waals surface area (Å²) >= 11 is 0. The predicted molar refractivity (Wildman–Crippen MR) is 121 cm³/mol. The molecule has 172 valence electrons. The van der Waals surface area contributed by atoms with Gasteiger partial charge < -0.3 is 20.1 Å². The van der Waals surface area contributed by atoms with E-state index in [1.165, 1.54) is 0 Å². The van der Waals surface area contributed by atoms with Gasteiger partial charge in [-0.1, -0.05) is 26.7 Å². The molecule has 0 radical (unpaired) electrons. The first-order valence-corrected chi connectivity index (χ1v) is 11.3. The Morgan fingerprint density at radius 2 is 1.19 bits per heavy atom. The van der Waals surface area contributed by atoms with Crippen LogP contribution >= 0.6 is 0 Å². The zero-order valence-electron chi connectivity index (χ0n) is 18.8. The Morgan fingerprint density at radius 1 is 0.750 bits per heavy atom. The van der Waals surface area contributed by atoms with Gasteiger partial charge in [0.25, 0.3) is 0 Å². The topological polar surface area (TPSA) is 102 Å². The molecule has 8 nitrogen and oxygen atoms in total. The monoisotopic (exact) mass is 440 g/mol. The lowest BCUT2D eigenvalue weighted by atomic mass is 10.0. The van der Waals surface area contributed by atoms with E-state index in [1.54, 1.807) is 12.4 Å². The van der Waals surface area contributed by atoms with Gasteiger partial charge in [-0.2, -0.15) is 0 Å². The zero-order valence-corrected chi connectivity index (χ0v) is 18.8. The summed E-state index contributed by atoms with van der Waals surface area (Å²) in [6, 6.07) is 6.01. The number of carbonyl (C=O) groups is 2. The minimum Gasteiger partial charge on any atom is -0.492 e. The highest BCUT2D eigenvalue weighted by Crippen LogP contribution is 2.14. The number of ether oxygens (including phenoxy) is 2. The molecule has 1 aliphatic rings. The Labute approximate surface area is 189 Å². The number of rotatable bonds is 12. The van der Waals surface area contributed by atoms with Crippen molar-refractivity contribution in [2.24, 2.45) is 0 Å². The van der Waals surface area contributed by atoms with Crippen LogP contribution < -0.4 is 20.1 Å².